The number of rotatable bonds is 15. The van der Waals surface area contributed by atoms with Gasteiger partial charge >= 0.3 is 5.97 Å². The lowest BCUT2D eigenvalue weighted by Gasteiger charge is -2.15. The fraction of sp³-hybridized carbons (Fsp3) is 0.333. The highest BCUT2D eigenvalue weighted by Gasteiger charge is 2.21. The molecule has 3 aromatic heterocycles. The number of thiophene rings is 1. The van der Waals surface area contributed by atoms with Crippen molar-refractivity contribution in [3.63, 3.8) is 0 Å². The number of primary amides is 1. The van der Waals surface area contributed by atoms with E-state index < -0.39 is 11.9 Å². The normalized spacial score (nSPS) is 11.2. The van der Waals surface area contributed by atoms with Gasteiger partial charge in [-0.2, -0.15) is 5.10 Å². The van der Waals surface area contributed by atoms with E-state index in [0.717, 1.165) is 26.9 Å². The first-order valence-corrected chi connectivity index (χ1v) is 15.9. The van der Waals surface area contributed by atoms with Gasteiger partial charge in [-0.05, 0) is 63.4 Å². The predicted octanol–water partition coefficient (Wildman–Crippen LogP) is 5.21. The molecular weight excluding hydrogens is 624 g/mol. The molecule has 0 fully saturated rings. The molecule has 0 atom stereocenters. The third-order valence-corrected chi connectivity index (χ3v) is 8.98. The lowest BCUT2D eigenvalue weighted by atomic mass is 10.0. The Morgan fingerprint density at radius 3 is 2.51 bits per heavy atom. The van der Waals surface area contributed by atoms with E-state index >= 15 is 0 Å². The number of fused-ring (bicyclic) bond motifs is 2. The molecule has 0 bridgehead atoms. The van der Waals surface area contributed by atoms with E-state index in [1.54, 1.807) is 49.2 Å². The fourth-order valence-corrected chi connectivity index (χ4v) is 6.71. The topological polar surface area (TPSA) is 181 Å². The van der Waals surface area contributed by atoms with E-state index in [4.69, 9.17) is 20.3 Å². The number of nitrogens with two attached hydrogens (primary N) is 1. The largest absolute Gasteiger partial charge is 0.493 e. The van der Waals surface area contributed by atoms with Crippen LogP contribution < -0.4 is 20.5 Å². The van der Waals surface area contributed by atoms with Crippen LogP contribution in [0.4, 0.5) is 5.95 Å². The summed E-state index contributed by atoms with van der Waals surface area (Å²) in [5.41, 5.74) is 9.09. The highest BCUT2D eigenvalue weighted by molar-refractivity contribution is 7.20. The molecule has 0 radical (unpaired) electrons. The predicted molar refractivity (Wildman–Crippen MR) is 178 cm³/mol. The molecule has 13 nitrogen and oxygen atoms in total. The summed E-state index contributed by atoms with van der Waals surface area (Å²) in [4.78, 5) is 54.1. The number of imidazole rings is 1. The monoisotopic (exact) mass is 660 g/mol. The number of carboxylic acids is 1. The molecule has 5 aromatic rings. The molecule has 0 saturated carbocycles. The highest BCUT2D eigenvalue weighted by atomic mass is 32.1. The summed E-state index contributed by atoms with van der Waals surface area (Å²) >= 11 is 1.30. The number of carbonyl (C=O) groups excluding carboxylic acids is 3. The summed E-state index contributed by atoms with van der Waals surface area (Å²) in [6, 6.07) is 10.4. The smallest absolute Gasteiger partial charge is 0.303 e. The van der Waals surface area contributed by atoms with Crippen molar-refractivity contribution in [2.24, 2.45) is 5.73 Å². The molecule has 47 heavy (non-hydrogen) atoms. The van der Waals surface area contributed by atoms with E-state index in [9.17, 15) is 19.2 Å². The SMILES string of the molecule is CCn1nc(C)cc1C(=O)Nc1nc2cc(C(N)=O)ccc2n1CCCCc1c(OC)c(OC)cc2sc(C(=O)CCC(=O)O)cc12. The number of nitrogens with zero attached hydrogens (tertiary/aromatic N) is 4. The van der Waals surface area contributed by atoms with Crippen molar-refractivity contribution in [1.82, 2.24) is 19.3 Å². The van der Waals surface area contributed by atoms with Crippen LogP contribution in [0.1, 0.15) is 74.4 Å². The Bertz CT molecular complexity index is 2010. The number of nitrogens with one attached hydrogen (secondary N) is 1. The van der Waals surface area contributed by atoms with Crippen molar-refractivity contribution in [3.05, 3.63) is 63.8 Å². The maximum Gasteiger partial charge on any atom is 0.303 e. The van der Waals surface area contributed by atoms with Crippen LogP contribution in [0.3, 0.4) is 0 Å². The third kappa shape index (κ3) is 6.97. The number of benzene rings is 2. The second-order valence-corrected chi connectivity index (χ2v) is 12.1. The number of unbranched alkanes of at least 4 members (excludes halogenated alkanes) is 1. The molecular formula is C33H36N6O7S. The van der Waals surface area contributed by atoms with Crippen LogP contribution in [0.25, 0.3) is 21.1 Å². The Hall–Kier alpha value is -5.24. The van der Waals surface area contributed by atoms with E-state index in [-0.39, 0.29) is 24.5 Å². The van der Waals surface area contributed by atoms with Gasteiger partial charge in [0.15, 0.2) is 17.3 Å². The molecule has 2 amide bonds. The average Bonchev–Trinajstić information content (AvgIpc) is 3.75. The average molecular weight is 661 g/mol. The second kappa shape index (κ2) is 14.0. The summed E-state index contributed by atoms with van der Waals surface area (Å²) in [6.45, 7) is 4.75. The highest BCUT2D eigenvalue weighted by Crippen LogP contribution is 2.42. The number of ether oxygens (including phenoxy) is 2. The Morgan fingerprint density at radius 1 is 1.04 bits per heavy atom. The number of aliphatic carboxylic acids is 1. The van der Waals surface area contributed by atoms with Gasteiger partial charge in [0.25, 0.3) is 5.91 Å². The number of aryl methyl sites for hydroxylation is 4. The van der Waals surface area contributed by atoms with E-state index in [1.165, 1.54) is 11.3 Å². The summed E-state index contributed by atoms with van der Waals surface area (Å²) in [7, 11) is 3.12. The molecule has 4 N–H and O–H groups in total. The Balaban J connectivity index is 1.41. The first-order chi connectivity index (χ1) is 22.5. The number of amides is 2. The van der Waals surface area contributed by atoms with Crippen LogP contribution in [-0.4, -0.2) is 62.2 Å². The van der Waals surface area contributed by atoms with Crippen LogP contribution in [0.15, 0.2) is 36.4 Å². The van der Waals surface area contributed by atoms with Gasteiger partial charge in [0.1, 0.15) is 5.69 Å². The number of methoxy groups -OCH3 is 2. The minimum absolute atomic E-state index is 0.0786. The number of Topliss-reactive ketones (excluding diaryl/α,β-unsaturated/α-hetero) is 1. The number of ketones is 1. The summed E-state index contributed by atoms with van der Waals surface area (Å²) in [5, 5.41) is 17.2. The maximum absolute atomic E-state index is 13.3. The molecule has 14 heteroatoms. The van der Waals surface area contributed by atoms with Crippen molar-refractivity contribution in [3.8, 4) is 11.5 Å². The van der Waals surface area contributed by atoms with Gasteiger partial charge in [0, 0.05) is 46.8 Å². The molecule has 3 heterocycles. The van der Waals surface area contributed by atoms with Crippen LogP contribution in [0, 0.1) is 6.92 Å². The summed E-state index contributed by atoms with van der Waals surface area (Å²) < 4.78 is 15.7. The van der Waals surface area contributed by atoms with Crippen LogP contribution in [0.5, 0.6) is 11.5 Å². The van der Waals surface area contributed by atoms with Crippen molar-refractivity contribution in [2.45, 2.75) is 59.0 Å². The standard InChI is InChI=1S/C33H36N6O7S/c1-5-39-24(14-18(2)37-39)32(44)36-33-35-22-15-19(31(34)43)9-10-23(22)38(33)13-7-6-8-20-21-16-28(25(40)11-12-29(41)42)47-27(21)17-26(45-3)30(20)46-4/h9-10,14-17H,5-8,11-13H2,1-4H3,(H2,34,43)(H,41,42)(H,35,36,44). The molecule has 5 rings (SSSR count). The number of anilines is 1. The van der Waals surface area contributed by atoms with Gasteiger partial charge in [-0.25, -0.2) is 4.98 Å². The van der Waals surface area contributed by atoms with Gasteiger partial charge in [-0.15, -0.1) is 11.3 Å². The molecule has 0 unspecified atom stereocenters. The van der Waals surface area contributed by atoms with Gasteiger partial charge in [-0.3, -0.25) is 29.2 Å². The third-order valence-electron chi connectivity index (χ3n) is 7.86. The lowest BCUT2D eigenvalue weighted by molar-refractivity contribution is -0.136. The molecule has 246 valence electrons. The summed E-state index contributed by atoms with van der Waals surface area (Å²) in [6.07, 6.45) is 1.65. The first-order valence-electron chi connectivity index (χ1n) is 15.1. The number of hydrogen-bond acceptors (Lipinski definition) is 9. The molecule has 0 spiro atoms. The minimum atomic E-state index is -1.02. The molecule has 0 aliphatic carbocycles. The van der Waals surface area contributed by atoms with Crippen molar-refractivity contribution < 1.29 is 33.8 Å². The minimum Gasteiger partial charge on any atom is -0.493 e. The van der Waals surface area contributed by atoms with Crippen molar-refractivity contribution in [2.75, 3.05) is 19.5 Å². The van der Waals surface area contributed by atoms with E-state index in [2.05, 4.69) is 15.4 Å². The Kier molecular flexibility index (Phi) is 9.89. The molecule has 0 aliphatic rings. The zero-order valence-corrected chi connectivity index (χ0v) is 27.4. The number of aromatic nitrogens is 4. The van der Waals surface area contributed by atoms with Gasteiger partial charge in [0.05, 0.1) is 42.2 Å². The Morgan fingerprint density at radius 2 is 1.83 bits per heavy atom. The van der Waals surface area contributed by atoms with Crippen LogP contribution in [0.2, 0.25) is 0 Å². The molecule has 0 saturated heterocycles. The van der Waals surface area contributed by atoms with Gasteiger partial charge in [0.2, 0.25) is 11.9 Å². The van der Waals surface area contributed by atoms with Crippen LogP contribution in [-0.2, 0) is 24.3 Å². The number of carboxylic acid groups (broad SMARTS) is 1. The van der Waals surface area contributed by atoms with Crippen molar-refractivity contribution in [1.29, 1.82) is 0 Å². The van der Waals surface area contributed by atoms with Crippen molar-refractivity contribution >= 4 is 62.0 Å². The lowest BCUT2D eigenvalue weighted by Crippen LogP contribution is -2.20. The Labute approximate surface area is 274 Å². The van der Waals surface area contributed by atoms with Crippen LogP contribution >= 0.6 is 11.3 Å². The van der Waals surface area contributed by atoms with E-state index in [1.807, 2.05) is 24.5 Å². The maximum atomic E-state index is 13.3. The quantitative estimate of drug-likeness (QED) is 0.100. The first kappa shape index (κ1) is 33.1. The van der Waals surface area contributed by atoms with Gasteiger partial charge in [-0.1, -0.05) is 0 Å². The molecule has 0 aliphatic heterocycles. The van der Waals surface area contributed by atoms with E-state index in [0.29, 0.717) is 71.5 Å². The second-order valence-electron chi connectivity index (χ2n) is 11.0. The zero-order valence-electron chi connectivity index (χ0n) is 26.6. The van der Waals surface area contributed by atoms with Gasteiger partial charge < -0.3 is 24.9 Å². The fourth-order valence-electron chi connectivity index (χ4n) is 5.62. The summed E-state index contributed by atoms with van der Waals surface area (Å²) in [5.74, 6) is -0.730. The number of carbonyl (C=O) groups is 4. The zero-order chi connectivity index (χ0) is 33.8. The number of hydrogen-bond donors (Lipinski definition) is 3. The molecule has 2 aromatic carbocycles.